The van der Waals surface area contributed by atoms with E-state index in [9.17, 15) is 4.79 Å². The van der Waals surface area contributed by atoms with Crippen LogP contribution in [0.25, 0.3) is 0 Å². The topological polar surface area (TPSA) is 53.2 Å². The first kappa shape index (κ1) is 16.7. The number of carbonyl (C=O) groups excluding carboxylic acids is 1. The maximum absolute atomic E-state index is 11.7. The van der Waals surface area contributed by atoms with Gasteiger partial charge in [-0.15, -0.1) is 0 Å². The van der Waals surface area contributed by atoms with E-state index in [1.54, 1.807) is 0 Å². The van der Waals surface area contributed by atoms with Crippen LogP contribution < -0.4 is 16.2 Å². The summed E-state index contributed by atoms with van der Waals surface area (Å²) in [4.78, 5) is 11.7. The average Bonchev–Trinajstić information content (AvgIpc) is 2.55. The van der Waals surface area contributed by atoms with Gasteiger partial charge in [-0.2, -0.15) is 0 Å². The van der Waals surface area contributed by atoms with Crippen molar-refractivity contribution in [1.29, 1.82) is 0 Å². The Bertz CT molecular complexity index is 383. The van der Waals surface area contributed by atoms with Gasteiger partial charge in [-0.3, -0.25) is 10.2 Å². The van der Waals surface area contributed by atoms with Crippen molar-refractivity contribution in [2.75, 3.05) is 19.6 Å². The lowest BCUT2D eigenvalue weighted by molar-refractivity contribution is 0.0934. The average molecular weight is 277 g/mol. The van der Waals surface area contributed by atoms with Crippen LogP contribution in [0.1, 0.15) is 55.5 Å². The summed E-state index contributed by atoms with van der Waals surface area (Å²) in [5.41, 5.74) is 7.51. The molecule has 1 heterocycles. The van der Waals surface area contributed by atoms with Crippen LogP contribution in [-0.2, 0) is 0 Å². The predicted octanol–water partition coefficient (Wildman–Crippen LogP) is 2.43. The Morgan fingerprint density at radius 1 is 1.20 bits per heavy atom. The summed E-state index contributed by atoms with van der Waals surface area (Å²) >= 11 is 0. The number of hydrogen-bond donors (Lipinski definition) is 3. The van der Waals surface area contributed by atoms with Crippen LogP contribution in [0.5, 0.6) is 0 Å². The number of rotatable bonds is 4. The first-order chi connectivity index (χ1) is 9.81. The van der Waals surface area contributed by atoms with Crippen molar-refractivity contribution in [3.05, 3.63) is 35.4 Å². The van der Waals surface area contributed by atoms with E-state index in [2.05, 4.69) is 28.3 Å². The molecule has 0 aliphatic carbocycles. The molecule has 1 aromatic rings. The van der Waals surface area contributed by atoms with Gasteiger partial charge >= 0.3 is 0 Å². The smallest absolute Gasteiger partial charge is 0.265 e. The number of benzene rings is 1. The zero-order chi connectivity index (χ0) is 14.8. The van der Waals surface area contributed by atoms with Crippen molar-refractivity contribution in [3.8, 4) is 0 Å². The van der Waals surface area contributed by atoms with Crippen molar-refractivity contribution in [1.82, 2.24) is 16.2 Å². The van der Waals surface area contributed by atoms with Crippen LogP contribution in [0, 0.1) is 0 Å². The molecule has 0 unspecified atom stereocenters. The molecule has 0 aromatic heterocycles. The van der Waals surface area contributed by atoms with E-state index in [1.807, 2.05) is 32.9 Å². The van der Waals surface area contributed by atoms with Gasteiger partial charge in [0, 0.05) is 12.1 Å². The lowest BCUT2D eigenvalue weighted by Gasteiger charge is -2.23. The minimum absolute atomic E-state index is 0.0753. The van der Waals surface area contributed by atoms with Crippen molar-refractivity contribution >= 4 is 5.91 Å². The van der Waals surface area contributed by atoms with Gasteiger partial charge in [-0.25, -0.2) is 5.43 Å². The molecule has 1 aliphatic rings. The molecule has 4 nitrogen and oxygen atoms in total. The van der Waals surface area contributed by atoms with Gasteiger partial charge in [-0.1, -0.05) is 32.9 Å². The third kappa shape index (κ3) is 4.94. The molecule has 1 aliphatic heterocycles. The minimum atomic E-state index is -0.0753. The second kappa shape index (κ2) is 9.50. The fourth-order valence-corrected chi connectivity index (χ4v) is 2.30. The molecule has 1 aromatic carbocycles. The summed E-state index contributed by atoms with van der Waals surface area (Å²) in [6.45, 7) is 8.85. The zero-order valence-electron chi connectivity index (χ0n) is 12.8. The first-order valence-electron chi connectivity index (χ1n) is 7.65. The number of amides is 1. The summed E-state index contributed by atoms with van der Waals surface area (Å²) in [5, 5.41) is 3.36. The Balaban J connectivity index is 0.000000956. The highest BCUT2D eigenvalue weighted by molar-refractivity contribution is 5.93. The molecule has 112 valence electrons. The third-order valence-electron chi connectivity index (χ3n) is 3.36. The zero-order valence-corrected chi connectivity index (χ0v) is 12.8. The first-order valence-corrected chi connectivity index (χ1v) is 7.65. The van der Waals surface area contributed by atoms with Crippen LogP contribution >= 0.6 is 0 Å². The molecular formula is C16H27N3O. The van der Waals surface area contributed by atoms with Crippen molar-refractivity contribution in [3.63, 3.8) is 0 Å². The highest BCUT2D eigenvalue weighted by atomic mass is 16.2. The number of hydrazine groups is 1. The molecule has 1 amide bonds. The summed E-state index contributed by atoms with van der Waals surface area (Å²) in [6.07, 6.45) is 2.37. The van der Waals surface area contributed by atoms with Crippen molar-refractivity contribution in [2.45, 2.75) is 39.5 Å². The quantitative estimate of drug-likeness (QED) is 0.741. The van der Waals surface area contributed by atoms with E-state index >= 15 is 0 Å². The third-order valence-corrected chi connectivity index (χ3v) is 3.36. The largest absolute Gasteiger partial charge is 0.317 e. The van der Waals surface area contributed by atoms with Gasteiger partial charge in [0.2, 0.25) is 0 Å². The van der Waals surface area contributed by atoms with E-state index in [1.165, 1.54) is 18.4 Å². The Morgan fingerprint density at radius 3 is 2.35 bits per heavy atom. The summed E-state index contributed by atoms with van der Waals surface area (Å²) in [5.74, 6) is 0.561. The fourth-order valence-electron chi connectivity index (χ4n) is 2.30. The second-order valence-corrected chi connectivity index (χ2v) is 4.63. The SMILES string of the molecule is CC.CCNNC(=O)c1ccc(C2CCNCC2)cc1. The summed E-state index contributed by atoms with van der Waals surface area (Å²) in [7, 11) is 0. The van der Waals surface area contributed by atoms with Gasteiger partial charge in [0.05, 0.1) is 0 Å². The van der Waals surface area contributed by atoms with Crippen LogP contribution in [0.3, 0.4) is 0 Å². The number of piperidine rings is 1. The second-order valence-electron chi connectivity index (χ2n) is 4.63. The molecule has 1 saturated heterocycles. The van der Waals surface area contributed by atoms with Gasteiger partial charge in [0.1, 0.15) is 0 Å². The van der Waals surface area contributed by atoms with Crippen molar-refractivity contribution < 1.29 is 4.79 Å². The van der Waals surface area contributed by atoms with Crippen molar-refractivity contribution in [2.24, 2.45) is 0 Å². The number of nitrogens with one attached hydrogen (secondary N) is 3. The van der Waals surface area contributed by atoms with E-state index in [-0.39, 0.29) is 5.91 Å². The maximum atomic E-state index is 11.7. The standard InChI is InChI=1S/C14H21N3O.C2H6/c1-2-16-17-14(18)13-5-3-11(4-6-13)12-7-9-15-10-8-12;1-2/h3-6,12,15-16H,2,7-10H2,1H3,(H,17,18);1-2H3. The predicted molar refractivity (Wildman–Crippen MR) is 83.8 cm³/mol. The van der Waals surface area contributed by atoms with Crippen LogP contribution in [-0.4, -0.2) is 25.5 Å². The van der Waals surface area contributed by atoms with E-state index in [0.29, 0.717) is 11.5 Å². The number of hydrogen-bond acceptors (Lipinski definition) is 3. The maximum Gasteiger partial charge on any atom is 0.265 e. The Labute approximate surface area is 122 Å². The number of carbonyl (C=O) groups is 1. The van der Waals surface area contributed by atoms with Crippen LogP contribution in [0.15, 0.2) is 24.3 Å². The summed E-state index contributed by atoms with van der Waals surface area (Å²) in [6, 6.07) is 7.97. The highest BCUT2D eigenvalue weighted by Gasteiger charge is 2.15. The fraction of sp³-hybridized carbons (Fsp3) is 0.562. The molecule has 0 radical (unpaired) electrons. The van der Waals surface area contributed by atoms with Gasteiger partial charge in [-0.05, 0) is 49.5 Å². The Hall–Kier alpha value is -1.39. The monoisotopic (exact) mass is 277 g/mol. The Kier molecular flexibility index (Phi) is 7.92. The molecule has 4 heteroatoms. The normalized spacial score (nSPS) is 15.2. The molecule has 0 spiro atoms. The Morgan fingerprint density at radius 2 is 1.80 bits per heavy atom. The van der Waals surface area contributed by atoms with E-state index in [4.69, 9.17) is 0 Å². The van der Waals surface area contributed by atoms with Crippen LogP contribution in [0.4, 0.5) is 0 Å². The lowest BCUT2D eigenvalue weighted by Crippen LogP contribution is -2.37. The molecule has 0 atom stereocenters. The molecule has 0 saturated carbocycles. The van der Waals surface area contributed by atoms with Gasteiger partial charge in [0.15, 0.2) is 0 Å². The summed E-state index contributed by atoms with van der Waals surface area (Å²) < 4.78 is 0. The van der Waals surface area contributed by atoms with E-state index < -0.39 is 0 Å². The highest BCUT2D eigenvalue weighted by Crippen LogP contribution is 2.25. The molecule has 3 N–H and O–H groups in total. The molecule has 0 bridgehead atoms. The molecule has 2 rings (SSSR count). The van der Waals surface area contributed by atoms with E-state index in [0.717, 1.165) is 19.6 Å². The molecule has 1 fully saturated rings. The molecule has 20 heavy (non-hydrogen) atoms. The minimum Gasteiger partial charge on any atom is -0.317 e. The lowest BCUT2D eigenvalue weighted by atomic mass is 9.90. The van der Waals surface area contributed by atoms with Gasteiger partial charge < -0.3 is 5.32 Å². The van der Waals surface area contributed by atoms with Gasteiger partial charge in [0.25, 0.3) is 5.91 Å². The van der Waals surface area contributed by atoms with Crippen LogP contribution in [0.2, 0.25) is 0 Å². The molecular weight excluding hydrogens is 250 g/mol.